The molecule has 0 aromatic carbocycles. The van der Waals surface area contributed by atoms with Crippen molar-refractivity contribution in [3.05, 3.63) is 27.7 Å². The summed E-state index contributed by atoms with van der Waals surface area (Å²) in [6.07, 6.45) is 0. The van der Waals surface area contributed by atoms with Crippen LogP contribution >= 0.6 is 15.9 Å². The second-order valence-corrected chi connectivity index (χ2v) is 3.90. The van der Waals surface area contributed by atoms with Crippen LogP contribution in [0.3, 0.4) is 0 Å². The summed E-state index contributed by atoms with van der Waals surface area (Å²) in [5, 5.41) is 0. The summed E-state index contributed by atoms with van der Waals surface area (Å²) >= 11 is 3.16. The van der Waals surface area contributed by atoms with Crippen LogP contribution in [0.2, 0.25) is 0 Å². The highest BCUT2D eigenvalue weighted by Crippen LogP contribution is 2.21. The van der Waals surface area contributed by atoms with Gasteiger partial charge in [-0.15, -0.1) is 0 Å². The molecule has 1 heterocycles. The van der Waals surface area contributed by atoms with E-state index in [2.05, 4.69) is 20.9 Å². The average molecular weight is 232 g/mol. The highest BCUT2D eigenvalue weighted by atomic mass is 79.9. The van der Waals surface area contributed by atoms with E-state index in [9.17, 15) is 4.39 Å². The minimum Gasteiger partial charge on any atom is -0.245 e. The normalized spacial score (nSPS) is 10.8. The number of nitrogens with zero attached hydrogens (tertiary/aromatic N) is 1. The number of rotatable bonds is 1. The van der Waals surface area contributed by atoms with Crippen molar-refractivity contribution in [3.63, 3.8) is 0 Å². The summed E-state index contributed by atoms with van der Waals surface area (Å²) in [6.45, 7) is 5.76. The van der Waals surface area contributed by atoms with E-state index in [-0.39, 0.29) is 11.7 Å². The molecule has 3 heteroatoms. The zero-order valence-corrected chi connectivity index (χ0v) is 8.94. The van der Waals surface area contributed by atoms with Crippen LogP contribution < -0.4 is 0 Å². The monoisotopic (exact) mass is 231 g/mol. The maximum atomic E-state index is 13.1. The first kappa shape index (κ1) is 9.65. The van der Waals surface area contributed by atoms with Gasteiger partial charge in [0.2, 0.25) is 0 Å². The summed E-state index contributed by atoms with van der Waals surface area (Å²) < 4.78 is 13.7. The minimum atomic E-state index is -0.194. The van der Waals surface area contributed by atoms with Crippen LogP contribution in [0.1, 0.15) is 31.0 Å². The lowest BCUT2D eigenvalue weighted by Gasteiger charge is -2.09. The van der Waals surface area contributed by atoms with Crippen LogP contribution in [0.5, 0.6) is 0 Å². The number of halogens is 2. The zero-order chi connectivity index (χ0) is 9.30. The number of pyridine rings is 1. The van der Waals surface area contributed by atoms with E-state index >= 15 is 0 Å². The van der Waals surface area contributed by atoms with Crippen molar-refractivity contribution in [2.24, 2.45) is 0 Å². The molecule has 0 aliphatic heterocycles. The van der Waals surface area contributed by atoms with Gasteiger partial charge in [-0.1, -0.05) is 13.8 Å². The van der Waals surface area contributed by atoms with Gasteiger partial charge in [-0.25, -0.2) is 9.37 Å². The summed E-state index contributed by atoms with van der Waals surface area (Å²) in [5.41, 5.74) is 1.47. The first-order valence-electron chi connectivity index (χ1n) is 3.85. The third-order valence-electron chi connectivity index (χ3n) is 1.76. The molecule has 1 nitrogen and oxygen atoms in total. The SMILES string of the molecule is Cc1c(F)cc(Br)nc1C(C)C. The largest absolute Gasteiger partial charge is 0.245 e. The molecule has 0 spiro atoms. The molecule has 0 saturated carbocycles. The van der Waals surface area contributed by atoms with Gasteiger partial charge in [-0.3, -0.25) is 0 Å². The lowest BCUT2D eigenvalue weighted by Crippen LogP contribution is -1.99. The van der Waals surface area contributed by atoms with Gasteiger partial charge in [0.1, 0.15) is 10.4 Å². The van der Waals surface area contributed by atoms with Crippen molar-refractivity contribution >= 4 is 15.9 Å². The third kappa shape index (κ3) is 1.83. The van der Waals surface area contributed by atoms with E-state index in [1.54, 1.807) is 6.92 Å². The van der Waals surface area contributed by atoms with Gasteiger partial charge in [0, 0.05) is 11.6 Å². The van der Waals surface area contributed by atoms with Gasteiger partial charge < -0.3 is 0 Å². The van der Waals surface area contributed by atoms with Crippen molar-refractivity contribution < 1.29 is 4.39 Å². The molecule has 0 radical (unpaired) electrons. The van der Waals surface area contributed by atoms with Crippen LogP contribution in [0.15, 0.2) is 10.7 Å². The third-order valence-corrected chi connectivity index (χ3v) is 2.17. The van der Waals surface area contributed by atoms with Crippen molar-refractivity contribution in [2.45, 2.75) is 26.7 Å². The molecule has 0 aliphatic carbocycles. The van der Waals surface area contributed by atoms with Crippen LogP contribution in [-0.4, -0.2) is 4.98 Å². The Morgan fingerprint density at radius 2 is 2.08 bits per heavy atom. The molecule has 0 aliphatic rings. The molecule has 0 amide bonds. The molecule has 0 unspecified atom stereocenters. The average Bonchev–Trinajstić information content (AvgIpc) is 1.96. The maximum absolute atomic E-state index is 13.1. The summed E-state index contributed by atoms with van der Waals surface area (Å²) in [5.74, 6) is 0.0672. The van der Waals surface area contributed by atoms with Gasteiger partial charge in [0.05, 0.1) is 5.69 Å². The molecular weight excluding hydrogens is 221 g/mol. The van der Waals surface area contributed by atoms with Gasteiger partial charge in [0.25, 0.3) is 0 Å². The molecule has 0 atom stereocenters. The number of hydrogen-bond acceptors (Lipinski definition) is 1. The molecular formula is C9H11BrFN. The number of hydrogen-bond donors (Lipinski definition) is 0. The van der Waals surface area contributed by atoms with Gasteiger partial charge in [-0.05, 0) is 28.8 Å². The molecule has 0 fully saturated rings. The Bertz CT molecular complexity index is 297. The molecule has 66 valence electrons. The minimum absolute atomic E-state index is 0.194. The predicted molar refractivity (Wildman–Crippen MR) is 50.7 cm³/mol. The summed E-state index contributed by atoms with van der Waals surface area (Å²) in [7, 11) is 0. The Hall–Kier alpha value is -0.440. The Morgan fingerprint density at radius 1 is 1.50 bits per heavy atom. The standard InChI is InChI=1S/C9H11BrFN/c1-5(2)9-6(3)7(11)4-8(10)12-9/h4-5H,1-3H3. The lowest BCUT2D eigenvalue weighted by atomic mass is 10.0. The molecule has 0 N–H and O–H groups in total. The van der Waals surface area contributed by atoms with Crippen LogP contribution in [0.25, 0.3) is 0 Å². The van der Waals surface area contributed by atoms with Crippen molar-refractivity contribution in [1.29, 1.82) is 0 Å². The quantitative estimate of drug-likeness (QED) is 0.676. The Labute approximate surface area is 80.1 Å². The van der Waals surface area contributed by atoms with Crippen LogP contribution in [0.4, 0.5) is 4.39 Å². The highest BCUT2D eigenvalue weighted by molar-refractivity contribution is 9.10. The van der Waals surface area contributed by atoms with Gasteiger partial charge >= 0.3 is 0 Å². The fraction of sp³-hybridized carbons (Fsp3) is 0.444. The summed E-state index contributed by atoms with van der Waals surface area (Å²) in [6, 6.07) is 1.39. The zero-order valence-electron chi connectivity index (χ0n) is 7.36. The molecule has 0 saturated heterocycles. The molecule has 0 bridgehead atoms. The van der Waals surface area contributed by atoms with E-state index in [0.717, 1.165) is 5.69 Å². The fourth-order valence-electron chi connectivity index (χ4n) is 1.13. The second kappa shape index (κ2) is 3.52. The second-order valence-electron chi connectivity index (χ2n) is 3.09. The van der Waals surface area contributed by atoms with Crippen molar-refractivity contribution in [2.75, 3.05) is 0 Å². The van der Waals surface area contributed by atoms with E-state index in [1.165, 1.54) is 6.07 Å². The molecule has 1 aromatic heterocycles. The molecule has 12 heavy (non-hydrogen) atoms. The summed E-state index contributed by atoms with van der Waals surface area (Å²) in [4.78, 5) is 4.21. The highest BCUT2D eigenvalue weighted by Gasteiger charge is 2.10. The van der Waals surface area contributed by atoms with Gasteiger partial charge in [0.15, 0.2) is 0 Å². The van der Waals surface area contributed by atoms with Crippen molar-refractivity contribution in [3.8, 4) is 0 Å². The number of aromatic nitrogens is 1. The van der Waals surface area contributed by atoms with E-state index < -0.39 is 0 Å². The molecule has 1 rings (SSSR count). The smallest absolute Gasteiger partial charge is 0.130 e. The fourth-order valence-corrected chi connectivity index (χ4v) is 1.52. The van der Waals surface area contributed by atoms with Crippen LogP contribution in [0, 0.1) is 12.7 Å². The van der Waals surface area contributed by atoms with E-state index in [0.29, 0.717) is 10.2 Å². The van der Waals surface area contributed by atoms with Crippen molar-refractivity contribution in [1.82, 2.24) is 4.98 Å². The lowest BCUT2D eigenvalue weighted by molar-refractivity contribution is 0.605. The van der Waals surface area contributed by atoms with Crippen LogP contribution in [-0.2, 0) is 0 Å². The Kier molecular flexibility index (Phi) is 2.83. The first-order valence-corrected chi connectivity index (χ1v) is 4.64. The Morgan fingerprint density at radius 3 is 2.58 bits per heavy atom. The first-order chi connectivity index (χ1) is 5.52. The maximum Gasteiger partial charge on any atom is 0.130 e. The Balaban J connectivity index is 3.28. The van der Waals surface area contributed by atoms with E-state index in [4.69, 9.17) is 0 Å². The predicted octanol–water partition coefficient (Wildman–Crippen LogP) is 3.42. The topological polar surface area (TPSA) is 12.9 Å². The molecule has 1 aromatic rings. The van der Waals surface area contributed by atoms with Gasteiger partial charge in [-0.2, -0.15) is 0 Å². The van der Waals surface area contributed by atoms with E-state index in [1.807, 2.05) is 13.8 Å².